The third-order valence-corrected chi connectivity index (χ3v) is 5.77. The highest BCUT2D eigenvalue weighted by molar-refractivity contribution is 5.76. The van der Waals surface area contributed by atoms with Crippen LogP contribution in [0.15, 0.2) is 18.2 Å². The van der Waals surface area contributed by atoms with Crippen molar-refractivity contribution < 1.29 is 27.6 Å². The summed E-state index contributed by atoms with van der Waals surface area (Å²) < 4.78 is 33.7. The van der Waals surface area contributed by atoms with Crippen LogP contribution in [0.3, 0.4) is 0 Å². The van der Waals surface area contributed by atoms with Gasteiger partial charge in [-0.1, -0.05) is 0 Å². The fraction of sp³-hybridized carbons (Fsp3) is 0.579. The van der Waals surface area contributed by atoms with Gasteiger partial charge >= 0.3 is 5.97 Å². The van der Waals surface area contributed by atoms with Crippen molar-refractivity contribution >= 4 is 12.3 Å². The molecule has 1 aromatic rings. The SMILES string of the molecule is C[N+]1(C)CC1C(=O)OCC1CCC(C=O)(c2cc(F)ccc2F)CC1. The second kappa shape index (κ2) is 6.48. The first kappa shape index (κ1) is 18.0. The standard InChI is InChI=1S/C19H24F2NO3/c1-22(2)10-17(22)18(24)25-11-13-5-7-19(12-23,8-6-13)15-9-14(20)3-4-16(15)21/h3-4,9,12-13,17H,5-8,10-11H2,1-2H3/q+1. The Morgan fingerprint density at radius 3 is 2.52 bits per heavy atom. The first-order chi connectivity index (χ1) is 11.8. The maximum atomic E-state index is 14.1. The van der Waals surface area contributed by atoms with Crippen molar-refractivity contribution in [1.82, 2.24) is 0 Å². The molecule has 6 heteroatoms. The third-order valence-electron chi connectivity index (χ3n) is 5.77. The lowest BCUT2D eigenvalue weighted by Crippen LogP contribution is -2.36. The number of halogens is 2. The van der Waals surface area contributed by atoms with Crippen LogP contribution in [0.4, 0.5) is 8.78 Å². The van der Waals surface area contributed by atoms with Crippen LogP contribution in [-0.2, 0) is 19.7 Å². The van der Waals surface area contributed by atoms with Gasteiger partial charge in [0, 0.05) is 5.56 Å². The molecule has 0 N–H and O–H groups in total. The van der Waals surface area contributed by atoms with E-state index in [2.05, 4.69) is 0 Å². The lowest BCUT2D eigenvalue weighted by atomic mass is 9.67. The van der Waals surface area contributed by atoms with E-state index in [-0.39, 0.29) is 23.5 Å². The van der Waals surface area contributed by atoms with Crippen LogP contribution in [0.25, 0.3) is 0 Å². The number of carbonyl (C=O) groups excluding carboxylic acids is 2. The summed E-state index contributed by atoms with van der Waals surface area (Å²) in [6.07, 6.45) is 2.90. The second-order valence-electron chi connectivity index (χ2n) is 7.95. The molecule has 1 saturated carbocycles. The molecule has 1 aromatic carbocycles. The summed E-state index contributed by atoms with van der Waals surface area (Å²) in [5.74, 6) is -1.11. The highest BCUT2D eigenvalue weighted by Gasteiger charge is 2.54. The minimum atomic E-state index is -0.984. The largest absolute Gasteiger partial charge is 0.461 e. The Morgan fingerprint density at radius 1 is 1.32 bits per heavy atom. The van der Waals surface area contributed by atoms with E-state index >= 15 is 0 Å². The summed E-state index contributed by atoms with van der Waals surface area (Å²) in [5.41, 5.74) is -0.850. The van der Waals surface area contributed by atoms with Crippen LogP contribution in [-0.4, -0.2) is 50.0 Å². The molecular formula is C19H24F2NO3+. The molecular weight excluding hydrogens is 328 g/mol. The predicted octanol–water partition coefficient (Wildman–Crippen LogP) is 2.59. The molecule has 1 atom stereocenters. The van der Waals surface area contributed by atoms with Gasteiger partial charge in [0.25, 0.3) is 0 Å². The Hall–Kier alpha value is -1.82. The first-order valence-electron chi connectivity index (χ1n) is 8.68. The van der Waals surface area contributed by atoms with Gasteiger partial charge in [0.1, 0.15) is 24.5 Å². The lowest BCUT2D eigenvalue weighted by Gasteiger charge is -2.36. The molecule has 0 aromatic heterocycles. The van der Waals surface area contributed by atoms with Gasteiger partial charge in [-0.2, -0.15) is 0 Å². The smallest absolute Gasteiger partial charge is 0.371 e. The summed E-state index contributed by atoms with van der Waals surface area (Å²) in [5, 5.41) is 0. The quantitative estimate of drug-likeness (QED) is 0.354. The number of carbonyl (C=O) groups is 2. The number of aldehydes is 1. The van der Waals surface area contributed by atoms with E-state index in [9.17, 15) is 18.4 Å². The minimum absolute atomic E-state index is 0.0703. The van der Waals surface area contributed by atoms with E-state index < -0.39 is 17.0 Å². The number of nitrogens with zero attached hydrogens (tertiary/aromatic N) is 1. The third kappa shape index (κ3) is 3.59. The summed E-state index contributed by atoms with van der Waals surface area (Å²) in [4.78, 5) is 23.7. The van der Waals surface area contributed by atoms with Crippen LogP contribution in [0.5, 0.6) is 0 Å². The van der Waals surface area contributed by atoms with Crippen molar-refractivity contribution in [3.63, 3.8) is 0 Å². The summed E-state index contributed by atoms with van der Waals surface area (Å²) in [7, 11) is 3.97. The van der Waals surface area contributed by atoms with Crippen molar-refractivity contribution in [2.24, 2.45) is 5.92 Å². The number of hydrogen-bond acceptors (Lipinski definition) is 3. The van der Waals surface area contributed by atoms with Gasteiger partial charge < -0.3 is 14.0 Å². The molecule has 136 valence electrons. The highest BCUT2D eigenvalue weighted by Crippen LogP contribution is 2.41. The molecule has 2 aliphatic rings. The second-order valence-corrected chi connectivity index (χ2v) is 7.95. The fourth-order valence-corrected chi connectivity index (χ4v) is 3.74. The average Bonchev–Trinajstić information content (AvgIpc) is 3.24. The number of rotatable bonds is 5. The Balaban J connectivity index is 1.59. The molecule has 0 spiro atoms. The molecule has 2 fully saturated rings. The van der Waals surface area contributed by atoms with Crippen molar-refractivity contribution in [3.8, 4) is 0 Å². The molecule has 0 radical (unpaired) electrons. The van der Waals surface area contributed by atoms with Crippen LogP contribution < -0.4 is 0 Å². The van der Waals surface area contributed by atoms with E-state index in [1.165, 1.54) is 0 Å². The predicted molar refractivity (Wildman–Crippen MR) is 87.8 cm³/mol. The Kier molecular flexibility index (Phi) is 4.66. The van der Waals surface area contributed by atoms with Gasteiger partial charge in [-0.15, -0.1) is 0 Å². The summed E-state index contributed by atoms with van der Waals surface area (Å²) in [6.45, 7) is 1.13. The average molecular weight is 352 g/mol. The Morgan fingerprint density at radius 2 is 1.96 bits per heavy atom. The number of ether oxygens (including phenoxy) is 1. The van der Waals surface area contributed by atoms with Gasteiger partial charge in [-0.25, -0.2) is 13.6 Å². The van der Waals surface area contributed by atoms with Gasteiger partial charge in [0.05, 0.1) is 26.1 Å². The van der Waals surface area contributed by atoms with Gasteiger partial charge in [-0.3, -0.25) is 0 Å². The molecule has 1 saturated heterocycles. The normalized spacial score (nSPS) is 30.6. The maximum Gasteiger partial charge on any atom is 0.371 e. The van der Waals surface area contributed by atoms with E-state index in [1.807, 2.05) is 14.1 Å². The fourth-order valence-electron chi connectivity index (χ4n) is 3.74. The topological polar surface area (TPSA) is 43.4 Å². The summed E-state index contributed by atoms with van der Waals surface area (Å²) in [6, 6.07) is 3.18. The zero-order chi connectivity index (χ0) is 18.2. The van der Waals surface area contributed by atoms with Gasteiger partial charge in [-0.05, 0) is 49.8 Å². The number of benzene rings is 1. The molecule has 1 unspecified atom stereocenters. The molecule has 1 aliphatic carbocycles. The highest BCUT2D eigenvalue weighted by atomic mass is 19.1. The summed E-state index contributed by atoms with van der Waals surface area (Å²) >= 11 is 0. The zero-order valence-electron chi connectivity index (χ0n) is 14.6. The van der Waals surface area contributed by atoms with Crippen LogP contribution in [0, 0.1) is 17.6 Å². The lowest BCUT2D eigenvalue weighted by molar-refractivity contribution is -0.764. The molecule has 25 heavy (non-hydrogen) atoms. The van der Waals surface area contributed by atoms with Crippen molar-refractivity contribution in [1.29, 1.82) is 0 Å². The first-order valence-corrected chi connectivity index (χ1v) is 8.68. The van der Waals surface area contributed by atoms with Crippen LogP contribution >= 0.6 is 0 Å². The van der Waals surface area contributed by atoms with Gasteiger partial charge in [0.2, 0.25) is 6.04 Å². The monoisotopic (exact) mass is 352 g/mol. The molecule has 0 bridgehead atoms. The molecule has 1 heterocycles. The van der Waals surface area contributed by atoms with Crippen LogP contribution in [0.1, 0.15) is 31.2 Å². The maximum absolute atomic E-state index is 14.1. The van der Waals surface area contributed by atoms with Crippen LogP contribution in [0.2, 0.25) is 0 Å². The van der Waals surface area contributed by atoms with E-state index in [4.69, 9.17) is 4.74 Å². The number of hydrogen-bond donors (Lipinski definition) is 0. The number of likely N-dealkylation sites (N-methyl/N-ethyl adjacent to an activating group) is 1. The van der Waals surface area contributed by atoms with E-state index in [0.717, 1.165) is 31.0 Å². The minimum Gasteiger partial charge on any atom is -0.461 e. The molecule has 3 rings (SSSR count). The molecule has 1 aliphatic heterocycles. The number of quaternary nitrogens is 1. The van der Waals surface area contributed by atoms with Crippen molar-refractivity contribution in [2.45, 2.75) is 37.1 Å². The Bertz CT molecular complexity index is 681. The van der Waals surface area contributed by atoms with Crippen molar-refractivity contribution in [3.05, 3.63) is 35.4 Å². The molecule has 4 nitrogen and oxygen atoms in total. The van der Waals surface area contributed by atoms with Gasteiger partial charge in [0.15, 0.2) is 0 Å². The van der Waals surface area contributed by atoms with Crippen molar-refractivity contribution in [2.75, 3.05) is 27.2 Å². The van der Waals surface area contributed by atoms with E-state index in [1.54, 1.807) is 0 Å². The van der Waals surface area contributed by atoms with E-state index in [0.29, 0.717) is 36.8 Å². The zero-order valence-corrected chi connectivity index (χ0v) is 14.6. The number of esters is 1. The molecule has 0 amide bonds. The Labute approximate surface area is 146 Å².